The van der Waals surface area contributed by atoms with Crippen molar-refractivity contribution in [1.82, 2.24) is 5.32 Å². The number of carbonyl (C=O) groups excluding carboxylic acids is 1. The summed E-state index contributed by atoms with van der Waals surface area (Å²) in [6.07, 6.45) is 1.55. The average molecular weight is 365 g/mol. The minimum Gasteiger partial charge on any atom is -0.504 e. The van der Waals surface area contributed by atoms with Crippen molar-refractivity contribution >= 4 is 46.2 Å². The maximum Gasteiger partial charge on any atom is 0.264 e. The summed E-state index contributed by atoms with van der Waals surface area (Å²) in [6.45, 7) is 0. The number of carbonyl (C=O) groups is 1. The Balaban J connectivity index is 1.84. The molecule has 0 atom stereocenters. The molecule has 3 rings (SSSR count). The highest BCUT2D eigenvalue weighted by atomic mass is 35.5. The molecular formula is C16H10ClFN2O3S. The van der Waals surface area contributed by atoms with E-state index in [1.54, 1.807) is 12.1 Å². The fourth-order valence-electron chi connectivity index (χ4n) is 1.93. The fraction of sp³-hybridized carbons (Fsp3) is 0. The number of phenols is 2. The molecule has 1 heterocycles. The highest BCUT2D eigenvalue weighted by Crippen LogP contribution is 2.31. The summed E-state index contributed by atoms with van der Waals surface area (Å²) in [6, 6.07) is 8.22. The second-order valence-electron chi connectivity index (χ2n) is 4.83. The van der Waals surface area contributed by atoms with Gasteiger partial charge in [0.05, 0.1) is 15.6 Å². The molecule has 2 aromatic carbocycles. The van der Waals surface area contributed by atoms with Crippen LogP contribution >= 0.6 is 23.4 Å². The van der Waals surface area contributed by atoms with Gasteiger partial charge in [0.15, 0.2) is 16.7 Å². The lowest BCUT2D eigenvalue weighted by Gasteiger charge is -1.99. The molecular weight excluding hydrogens is 355 g/mol. The van der Waals surface area contributed by atoms with Gasteiger partial charge in [-0.3, -0.25) is 4.79 Å². The number of nitrogens with one attached hydrogen (secondary N) is 1. The summed E-state index contributed by atoms with van der Waals surface area (Å²) in [5.74, 6) is -1.41. The Morgan fingerprint density at radius 1 is 1.17 bits per heavy atom. The van der Waals surface area contributed by atoms with Crippen LogP contribution in [0, 0.1) is 5.82 Å². The van der Waals surface area contributed by atoms with Crippen LogP contribution in [-0.4, -0.2) is 21.3 Å². The van der Waals surface area contributed by atoms with Gasteiger partial charge < -0.3 is 15.5 Å². The number of hydrogen-bond acceptors (Lipinski definition) is 5. The van der Waals surface area contributed by atoms with Crippen LogP contribution < -0.4 is 5.32 Å². The Hall–Kier alpha value is -2.51. The van der Waals surface area contributed by atoms with Gasteiger partial charge in [-0.15, -0.1) is 0 Å². The van der Waals surface area contributed by atoms with E-state index in [9.17, 15) is 19.4 Å². The number of hydrogen-bond donors (Lipinski definition) is 3. The van der Waals surface area contributed by atoms with E-state index in [4.69, 9.17) is 11.6 Å². The zero-order chi connectivity index (χ0) is 17.3. The highest BCUT2D eigenvalue weighted by Gasteiger charge is 2.24. The number of amidine groups is 1. The lowest BCUT2D eigenvalue weighted by Crippen LogP contribution is -2.19. The molecule has 3 N–H and O–H groups in total. The molecule has 0 aromatic heterocycles. The van der Waals surface area contributed by atoms with Crippen LogP contribution in [0.1, 0.15) is 5.56 Å². The van der Waals surface area contributed by atoms with Crippen molar-refractivity contribution in [2.45, 2.75) is 0 Å². The minimum atomic E-state index is -0.545. The smallest absolute Gasteiger partial charge is 0.264 e. The average Bonchev–Trinajstić information content (AvgIpc) is 2.86. The predicted octanol–water partition coefficient (Wildman–Crippen LogP) is 3.78. The van der Waals surface area contributed by atoms with Crippen LogP contribution in [0.15, 0.2) is 46.3 Å². The Labute approximate surface area is 145 Å². The number of nitrogens with zero attached hydrogens (tertiary/aromatic N) is 1. The maximum absolute atomic E-state index is 13.1. The molecule has 1 aliphatic heterocycles. The third-order valence-corrected chi connectivity index (χ3v) is 4.28. The first-order valence-corrected chi connectivity index (χ1v) is 7.88. The van der Waals surface area contributed by atoms with Gasteiger partial charge in [0.2, 0.25) is 0 Å². The Morgan fingerprint density at radius 3 is 2.67 bits per heavy atom. The first-order valence-electron chi connectivity index (χ1n) is 6.69. The van der Waals surface area contributed by atoms with Crippen LogP contribution in [0.5, 0.6) is 11.5 Å². The second kappa shape index (κ2) is 6.54. The lowest BCUT2D eigenvalue weighted by atomic mass is 10.2. The van der Waals surface area contributed by atoms with Gasteiger partial charge in [-0.25, -0.2) is 9.38 Å². The Bertz CT molecular complexity index is 899. The molecule has 24 heavy (non-hydrogen) atoms. The molecule has 122 valence electrons. The first kappa shape index (κ1) is 16.4. The number of thioether (sulfide) groups is 1. The molecule has 1 saturated heterocycles. The minimum absolute atomic E-state index is 0.0542. The van der Waals surface area contributed by atoms with Gasteiger partial charge in [0.1, 0.15) is 5.82 Å². The van der Waals surface area contributed by atoms with E-state index >= 15 is 0 Å². The van der Waals surface area contributed by atoms with Gasteiger partial charge in [0.25, 0.3) is 5.91 Å². The van der Waals surface area contributed by atoms with Crippen molar-refractivity contribution in [1.29, 1.82) is 0 Å². The monoisotopic (exact) mass is 364 g/mol. The first-order chi connectivity index (χ1) is 11.4. The van der Waals surface area contributed by atoms with Crippen LogP contribution in [0.25, 0.3) is 6.08 Å². The largest absolute Gasteiger partial charge is 0.504 e. The Morgan fingerprint density at radius 2 is 1.96 bits per heavy atom. The standard InChI is InChI=1S/C16H10ClFN2O3S/c17-10-7-9(2-3-11(10)18)19-16-20-15(23)14(24-16)6-8-1-4-12(21)13(22)5-8/h1-7,21-22H,(H,19,20,23). The van der Waals surface area contributed by atoms with Crippen molar-refractivity contribution in [2.24, 2.45) is 4.99 Å². The molecule has 2 aromatic rings. The molecule has 0 radical (unpaired) electrons. The number of benzene rings is 2. The molecule has 5 nitrogen and oxygen atoms in total. The topological polar surface area (TPSA) is 81.9 Å². The van der Waals surface area contributed by atoms with Crippen LogP contribution in [0.2, 0.25) is 5.02 Å². The summed E-state index contributed by atoms with van der Waals surface area (Å²) in [5.41, 5.74) is 0.960. The molecule has 0 bridgehead atoms. The van der Waals surface area contributed by atoms with Crippen LogP contribution in [0.3, 0.4) is 0 Å². The SMILES string of the molecule is O=C1NC(=Nc2ccc(F)c(Cl)c2)SC1=Cc1ccc(O)c(O)c1. The van der Waals surface area contributed by atoms with E-state index in [0.29, 0.717) is 21.3 Å². The number of aliphatic imine (C=N–C) groups is 1. The molecule has 0 spiro atoms. The number of phenolic OH excluding ortho intramolecular Hbond substituents is 2. The molecule has 0 saturated carbocycles. The maximum atomic E-state index is 13.1. The third kappa shape index (κ3) is 3.52. The summed E-state index contributed by atoms with van der Waals surface area (Å²) in [5, 5.41) is 21.6. The van der Waals surface area contributed by atoms with E-state index in [2.05, 4.69) is 10.3 Å². The van der Waals surface area contributed by atoms with Gasteiger partial charge >= 0.3 is 0 Å². The summed E-state index contributed by atoms with van der Waals surface area (Å²) >= 11 is 6.80. The summed E-state index contributed by atoms with van der Waals surface area (Å²) in [4.78, 5) is 16.5. The van der Waals surface area contributed by atoms with Gasteiger partial charge in [-0.05, 0) is 53.7 Å². The van der Waals surface area contributed by atoms with Crippen LogP contribution in [-0.2, 0) is 4.79 Å². The number of amides is 1. The lowest BCUT2D eigenvalue weighted by molar-refractivity contribution is -0.115. The number of halogens is 2. The third-order valence-electron chi connectivity index (χ3n) is 3.08. The highest BCUT2D eigenvalue weighted by molar-refractivity contribution is 8.18. The number of rotatable bonds is 2. The van der Waals surface area contributed by atoms with E-state index in [0.717, 1.165) is 11.8 Å². The van der Waals surface area contributed by atoms with Gasteiger partial charge in [-0.2, -0.15) is 0 Å². The molecule has 8 heteroatoms. The van der Waals surface area contributed by atoms with Crippen molar-refractivity contribution in [2.75, 3.05) is 0 Å². The quantitative estimate of drug-likeness (QED) is 0.559. The van der Waals surface area contributed by atoms with E-state index < -0.39 is 5.82 Å². The molecule has 0 unspecified atom stereocenters. The van der Waals surface area contributed by atoms with E-state index in [-0.39, 0.29) is 22.4 Å². The van der Waals surface area contributed by atoms with E-state index in [1.807, 2.05) is 0 Å². The van der Waals surface area contributed by atoms with Crippen molar-refractivity contribution in [3.63, 3.8) is 0 Å². The molecule has 1 amide bonds. The summed E-state index contributed by atoms with van der Waals surface area (Å²) in [7, 11) is 0. The van der Waals surface area contributed by atoms with Gasteiger partial charge in [0, 0.05) is 0 Å². The van der Waals surface area contributed by atoms with E-state index in [1.165, 1.54) is 30.3 Å². The fourth-order valence-corrected chi connectivity index (χ4v) is 2.95. The van der Waals surface area contributed by atoms with Gasteiger partial charge in [-0.1, -0.05) is 17.7 Å². The van der Waals surface area contributed by atoms with Crippen molar-refractivity contribution < 1.29 is 19.4 Å². The van der Waals surface area contributed by atoms with Crippen LogP contribution in [0.4, 0.5) is 10.1 Å². The summed E-state index contributed by atoms with van der Waals surface area (Å²) < 4.78 is 13.1. The second-order valence-corrected chi connectivity index (χ2v) is 6.27. The zero-order valence-corrected chi connectivity index (χ0v) is 13.5. The Kier molecular flexibility index (Phi) is 4.46. The van der Waals surface area contributed by atoms with Crippen molar-refractivity contribution in [3.8, 4) is 11.5 Å². The molecule has 1 fully saturated rings. The zero-order valence-electron chi connectivity index (χ0n) is 12.0. The normalized spacial score (nSPS) is 17.5. The molecule has 1 aliphatic rings. The molecule has 0 aliphatic carbocycles. The predicted molar refractivity (Wildman–Crippen MR) is 92.0 cm³/mol. The number of aromatic hydroxyl groups is 2. The van der Waals surface area contributed by atoms with Crippen molar-refractivity contribution in [3.05, 3.63) is 57.7 Å².